The molecule has 2 fully saturated rings. The molecule has 5 heterocycles. The zero-order valence-electron chi connectivity index (χ0n) is 21.4. The number of nitrogens with zero attached hydrogens (tertiary/aromatic N) is 7. The molecule has 12 heteroatoms. The smallest absolute Gasteiger partial charge is 0.253 e. The molecule has 6 rings (SSSR count). The van der Waals surface area contributed by atoms with Crippen LogP contribution >= 0.6 is 11.3 Å². The molecule has 0 N–H and O–H groups in total. The molecule has 0 saturated carbocycles. The highest BCUT2D eigenvalue weighted by molar-refractivity contribution is 7.88. The van der Waals surface area contributed by atoms with Crippen molar-refractivity contribution in [2.45, 2.75) is 19.9 Å². The second-order valence-corrected chi connectivity index (χ2v) is 13.1. The highest BCUT2D eigenvalue weighted by Gasteiger charge is 2.27. The zero-order valence-corrected chi connectivity index (χ0v) is 23.0. The summed E-state index contributed by atoms with van der Waals surface area (Å²) >= 11 is 1.64. The molecule has 0 aliphatic carbocycles. The van der Waals surface area contributed by atoms with Crippen molar-refractivity contribution in [3.8, 4) is 17.2 Å². The van der Waals surface area contributed by atoms with Crippen LogP contribution in [-0.4, -0.2) is 88.7 Å². The molecule has 38 heavy (non-hydrogen) atoms. The van der Waals surface area contributed by atoms with Gasteiger partial charge in [0.1, 0.15) is 0 Å². The van der Waals surface area contributed by atoms with Gasteiger partial charge in [0, 0.05) is 62.3 Å². The maximum atomic E-state index is 12.1. The molecule has 2 aliphatic heterocycles. The van der Waals surface area contributed by atoms with E-state index in [-0.39, 0.29) is 5.78 Å². The Morgan fingerprint density at radius 3 is 2.55 bits per heavy atom. The molecular weight excluding hydrogens is 522 g/mol. The normalized spacial score (nSPS) is 17.6. The molecule has 0 bridgehead atoms. The summed E-state index contributed by atoms with van der Waals surface area (Å²) in [6.07, 6.45) is 3.65. The number of ketones is 1. The molecule has 0 radical (unpaired) electrons. The average Bonchev–Trinajstić information content (AvgIpc) is 3.63. The van der Waals surface area contributed by atoms with Gasteiger partial charge in [0.15, 0.2) is 11.6 Å². The van der Waals surface area contributed by atoms with Gasteiger partial charge in [-0.25, -0.2) is 18.1 Å². The molecule has 2 aliphatic rings. The van der Waals surface area contributed by atoms with Gasteiger partial charge in [-0.3, -0.25) is 9.69 Å². The quantitative estimate of drug-likeness (QED) is 0.360. The van der Waals surface area contributed by atoms with Crippen LogP contribution in [0.4, 0.5) is 5.82 Å². The van der Waals surface area contributed by atoms with E-state index < -0.39 is 10.0 Å². The molecule has 3 aromatic heterocycles. The van der Waals surface area contributed by atoms with E-state index in [0.717, 1.165) is 32.2 Å². The number of rotatable bonds is 6. The van der Waals surface area contributed by atoms with Gasteiger partial charge in [0.05, 0.1) is 28.7 Å². The summed E-state index contributed by atoms with van der Waals surface area (Å²) in [6.45, 7) is 6.11. The minimum atomic E-state index is -3.16. The number of hydrogen-bond acceptors (Lipinski definition) is 9. The minimum absolute atomic E-state index is 0.208. The maximum Gasteiger partial charge on any atom is 0.253 e. The van der Waals surface area contributed by atoms with E-state index in [1.807, 2.05) is 29.3 Å². The lowest BCUT2D eigenvalue weighted by molar-refractivity contribution is -0.116. The first-order chi connectivity index (χ1) is 18.2. The summed E-state index contributed by atoms with van der Waals surface area (Å²) in [6, 6.07) is 12.2. The third kappa shape index (κ3) is 5.08. The van der Waals surface area contributed by atoms with E-state index in [1.165, 1.54) is 16.1 Å². The Balaban J connectivity index is 1.32. The molecule has 4 aromatic rings. The predicted octanol–water partition coefficient (Wildman–Crippen LogP) is 2.71. The van der Waals surface area contributed by atoms with Crippen molar-refractivity contribution in [3.63, 3.8) is 0 Å². The van der Waals surface area contributed by atoms with Gasteiger partial charge in [-0.05, 0) is 25.1 Å². The number of anilines is 1. The topological polar surface area (TPSA) is 105 Å². The number of fused-ring (bicyclic) bond motifs is 1. The van der Waals surface area contributed by atoms with Gasteiger partial charge < -0.3 is 4.90 Å². The number of piperazine rings is 1. The van der Waals surface area contributed by atoms with Crippen molar-refractivity contribution in [1.82, 2.24) is 29.0 Å². The lowest BCUT2D eigenvalue weighted by Gasteiger charge is -2.32. The van der Waals surface area contributed by atoms with Gasteiger partial charge in [-0.2, -0.15) is 14.4 Å². The summed E-state index contributed by atoms with van der Waals surface area (Å²) in [5, 5.41) is 4.76. The van der Waals surface area contributed by atoms with Gasteiger partial charge in [0.25, 0.3) is 5.95 Å². The Kier molecular flexibility index (Phi) is 6.50. The first-order valence-corrected chi connectivity index (χ1v) is 15.3. The number of Topliss-reactive ketones (excluding diaryl/α,β-unsaturated/α-hetero) is 1. The summed E-state index contributed by atoms with van der Waals surface area (Å²) in [5.74, 6) is 1.44. The number of carbonyl (C=O) groups is 1. The van der Waals surface area contributed by atoms with Gasteiger partial charge >= 0.3 is 0 Å². The van der Waals surface area contributed by atoms with Crippen LogP contribution in [0.2, 0.25) is 0 Å². The van der Waals surface area contributed by atoms with Crippen molar-refractivity contribution in [3.05, 3.63) is 53.0 Å². The Hall–Kier alpha value is -3.19. The monoisotopic (exact) mass is 551 g/mol. The fourth-order valence-corrected chi connectivity index (χ4v) is 6.97. The molecule has 2 saturated heterocycles. The Bertz CT molecular complexity index is 1620. The minimum Gasteiger partial charge on any atom is -0.347 e. The largest absolute Gasteiger partial charge is 0.347 e. The lowest BCUT2D eigenvalue weighted by atomic mass is 10.1. The van der Waals surface area contributed by atoms with Crippen molar-refractivity contribution < 1.29 is 13.2 Å². The number of benzene rings is 1. The Morgan fingerprint density at radius 1 is 1.03 bits per heavy atom. The number of carbonyl (C=O) groups excluding carboxylic acids is 1. The van der Waals surface area contributed by atoms with Crippen molar-refractivity contribution >= 4 is 43.2 Å². The Morgan fingerprint density at radius 2 is 1.84 bits per heavy atom. The van der Waals surface area contributed by atoms with E-state index in [0.29, 0.717) is 58.2 Å². The fourth-order valence-electron chi connectivity index (χ4n) is 4.99. The van der Waals surface area contributed by atoms with Gasteiger partial charge in [-0.15, -0.1) is 11.3 Å². The molecule has 10 nitrogen and oxygen atoms in total. The van der Waals surface area contributed by atoms with Crippen LogP contribution in [0.1, 0.15) is 16.9 Å². The standard InChI is InChI=1S/C26H29N7O3S2/c1-18-4-3-5-19(14-18)22-7-9-33(29-22)26-27-23-15-21(17-30-10-12-32(13-11-30)38(2,35)36)37-24(23)25(28-26)31-8-6-20(34)16-31/h3-5,7,9,14-15H,6,8,10-13,16-17H2,1-2H3. The fraction of sp³-hybridized carbons (Fsp3) is 0.385. The third-order valence-corrected chi connectivity index (χ3v) is 9.42. The molecule has 0 atom stereocenters. The van der Waals surface area contributed by atoms with Crippen LogP contribution in [0.5, 0.6) is 0 Å². The lowest BCUT2D eigenvalue weighted by Crippen LogP contribution is -2.47. The third-order valence-electron chi connectivity index (χ3n) is 7.01. The molecule has 0 amide bonds. The molecule has 0 unspecified atom stereocenters. The number of aromatic nitrogens is 4. The number of sulfonamides is 1. The number of aryl methyl sites for hydroxylation is 1. The molecule has 198 valence electrons. The molecule has 1 aromatic carbocycles. The van der Waals surface area contributed by atoms with Crippen LogP contribution in [0.3, 0.4) is 0 Å². The predicted molar refractivity (Wildman–Crippen MR) is 148 cm³/mol. The second-order valence-electron chi connectivity index (χ2n) is 9.94. The zero-order chi connectivity index (χ0) is 26.4. The van der Waals surface area contributed by atoms with Gasteiger partial charge in [0.2, 0.25) is 10.0 Å². The van der Waals surface area contributed by atoms with E-state index >= 15 is 0 Å². The first-order valence-electron chi connectivity index (χ1n) is 12.6. The van der Waals surface area contributed by atoms with Crippen LogP contribution in [0.15, 0.2) is 42.6 Å². The van der Waals surface area contributed by atoms with Crippen LogP contribution < -0.4 is 4.90 Å². The van der Waals surface area contributed by atoms with E-state index in [2.05, 4.69) is 30.0 Å². The molecule has 0 spiro atoms. The molecular formula is C26H29N7O3S2. The number of thiophene rings is 1. The summed E-state index contributed by atoms with van der Waals surface area (Å²) in [7, 11) is -3.16. The summed E-state index contributed by atoms with van der Waals surface area (Å²) in [4.78, 5) is 27.3. The van der Waals surface area contributed by atoms with Crippen LogP contribution in [-0.2, 0) is 21.4 Å². The van der Waals surface area contributed by atoms with Crippen LogP contribution in [0, 0.1) is 6.92 Å². The van der Waals surface area contributed by atoms with Crippen molar-refractivity contribution in [2.75, 3.05) is 50.4 Å². The average molecular weight is 552 g/mol. The van der Waals surface area contributed by atoms with Crippen LogP contribution in [0.25, 0.3) is 27.4 Å². The summed E-state index contributed by atoms with van der Waals surface area (Å²) in [5.41, 5.74) is 3.87. The van der Waals surface area contributed by atoms with E-state index in [4.69, 9.17) is 15.1 Å². The second kappa shape index (κ2) is 9.84. The highest BCUT2D eigenvalue weighted by atomic mass is 32.2. The van der Waals surface area contributed by atoms with Crippen molar-refractivity contribution in [2.24, 2.45) is 0 Å². The first kappa shape index (κ1) is 25.1. The SMILES string of the molecule is Cc1cccc(-c2ccn(-c3nc(N4CCC(=O)C4)c4sc(CN5CCN(S(C)(=O)=O)CC5)cc4n3)n2)c1. The Labute approximate surface area is 225 Å². The summed E-state index contributed by atoms with van der Waals surface area (Å²) < 4.78 is 27.9. The van der Waals surface area contributed by atoms with Crippen molar-refractivity contribution in [1.29, 1.82) is 0 Å². The van der Waals surface area contributed by atoms with E-state index in [1.54, 1.807) is 16.0 Å². The van der Waals surface area contributed by atoms with E-state index in [9.17, 15) is 13.2 Å². The van der Waals surface area contributed by atoms with Gasteiger partial charge in [-0.1, -0.05) is 23.8 Å². The maximum absolute atomic E-state index is 12.1. The number of hydrogen-bond donors (Lipinski definition) is 0. The highest BCUT2D eigenvalue weighted by Crippen LogP contribution is 2.34.